The number of rotatable bonds is 2. The van der Waals surface area contributed by atoms with E-state index in [0.717, 1.165) is 24.9 Å². The lowest BCUT2D eigenvalue weighted by Gasteiger charge is -2.25. The molecule has 0 saturated carbocycles. The monoisotopic (exact) mass is 326 g/mol. The highest BCUT2D eigenvalue weighted by atomic mass is 35.5. The van der Waals surface area contributed by atoms with Crippen LogP contribution in [0.3, 0.4) is 0 Å². The fourth-order valence-corrected chi connectivity index (χ4v) is 3.47. The minimum Gasteiger partial charge on any atom is -0.331 e. The summed E-state index contributed by atoms with van der Waals surface area (Å²) < 4.78 is 1.62. The van der Waals surface area contributed by atoms with Crippen LogP contribution in [0.1, 0.15) is 34.8 Å². The van der Waals surface area contributed by atoms with Crippen LogP contribution in [0.4, 0.5) is 0 Å². The van der Waals surface area contributed by atoms with E-state index in [9.17, 15) is 4.79 Å². The molecule has 1 aromatic carbocycles. The van der Waals surface area contributed by atoms with Crippen LogP contribution in [0.5, 0.6) is 0 Å². The van der Waals surface area contributed by atoms with Crippen molar-refractivity contribution in [3.05, 3.63) is 65.1 Å². The first kappa shape index (κ1) is 14.2. The van der Waals surface area contributed by atoms with Crippen molar-refractivity contribution in [3.63, 3.8) is 0 Å². The van der Waals surface area contributed by atoms with Crippen LogP contribution in [0.15, 0.2) is 48.9 Å². The predicted molar refractivity (Wildman–Crippen MR) is 87.5 cm³/mol. The first-order chi connectivity index (χ1) is 11.3. The summed E-state index contributed by atoms with van der Waals surface area (Å²) in [6.07, 6.45) is 6.93. The average Bonchev–Trinajstić information content (AvgIpc) is 3.22. The molecule has 1 atom stereocenters. The third-order valence-corrected chi connectivity index (χ3v) is 4.63. The zero-order chi connectivity index (χ0) is 15.8. The molecule has 1 aliphatic heterocycles. The molecule has 1 amide bonds. The fraction of sp³-hybridized carbons (Fsp3) is 0.235. The Labute approximate surface area is 138 Å². The van der Waals surface area contributed by atoms with Crippen LogP contribution in [0.2, 0.25) is 5.02 Å². The van der Waals surface area contributed by atoms with Crippen LogP contribution in [0.25, 0.3) is 5.65 Å². The zero-order valence-electron chi connectivity index (χ0n) is 12.4. The van der Waals surface area contributed by atoms with E-state index in [1.807, 2.05) is 29.2 Å². The molecule has 23 heavy (non-hydrogen) atoms. The molecule has 3 aromatic rings. The van der Waals surface area contributed by atoms with E-state index in [-0.39, 0.29) is 11.9 Å². The molecule has 6 heteroatoms. The van der Waals surface area contributed by atoms with E-state index in [2.05, 4.69) is 10.1 Å². The Hall–Kier alpha value is -2.40. The van der Waals surface area contributed by atoms with Crippen molar-refractivity contribution < 1.29 is 4.79 Å². The lowest BCUT2D eigenvalue weighted by molar-refractivity contribution is 0.0737. The van der Waals surface area contributed by atoms with Crippen LogP contribution in [0, 0.1) is 0 Å². The molecule has 1 aliphatic rings. The number of fused-ring (bicyclic) bond motifs is 1. The van der Waals surface area contributed by atoms with Gasteiger partial charge in [0.15, 0.2) is 5.65 Å². The summed E-state index contributed by atoms with van der Waals surface area (Å²) in [5.74, 6) is -0.0406. The number of likely N-dealkylation sites (tertiary alicyclic amines) is 1. The van der Waals surface area contributed by atoms with E-state index in [1.54, 1.807) is 29.2 Å². The lowest BCUT2D eigenvalue weighted by Crippen LogP contribution is -2.30. The number of carbonyl (C=O) groups is 1. The number of halogens is 1. The lowest BCUT2D eigenvalue weighted by atomic mass is 10.0. The minimum absolute atomic E-state index is 0.00913. The van der Waals surface area contributed by atoms with Gasteiger partial charge in [-0.3, -0.25) is 4.79 Å². The Morgan fingerprint density at radius 3 is 3.00 bits per heavy atom. The summed E-state index contributed by atoms with van der Waals surface area (Å²) in [5.41, 5.74) is 2.12. The minimum atomic E-state index is -0.0406. The van der Waals surface area contributed by atoms with Crippen molar-refractivity contribution in [1.82, 2.24) is 19.5 Å². The van der Waals surface area contributed by atoms with Crippen molar-refractivity contribution >= 4 is 23.2 Å². The van der Waals surface area contributed by atoms with Gasteiger partial charge in [-0.1, -0.05) is 29.8 Å². The van der Waals surface area contributed by atoms with Gasteiger partial charge < -0.3 is 4.90 Å². The van der Waals surface area contributed by atoms with Crippen LogP contribution < -0.4 is 0 Å². The Morgan fingerprint density at radius 2 is 2.13 bits per heavy atom. The molecule has 0 bridgehead atoms. The molecule has 0 unspecified atom stereocenters. The maximum atomic E-state index is 13.0. The van der Waals surface area contributed by atoms with E-state index >= 15 is 0 Å². The highest BCUT2D eigenvalue weighted by Gasteiger charge is 2.33. The number of hydrogen-bond donors (Lipinski definition) is 0. The van der Waals surface area contributed by atoms with Crippen LogP contribution >= 0.6 is 11.6 Å². The van der Waals surface area contributed by atoms with Crippen molar-refractivity contribution in [2.75, 3.05) is 6.54 Å². The molecular formula is C17H15ClN4O. The Balaban J connectivity index is 1.71. The molecule has 0 radical (unpaired) electrons. The summed E-state index contributed by atoms with van der Waals surface area (Å²) in [6.45, 7) is 0.721. The largest absolute Gasteiger partial charge is 0.331 e. The van der Waals surface area contributed by atoms with Crippen LogP contribution in [-0.2, 0) is 0 Å². The molecule has 0 spiro atoms. The fourth-order valence-electron chi connectivity index (χ4n) is 3.21. The van der Waals surface area contributed by atoms with Gasteiger partial charge in [0.05, 0.1) is 12.2 Å². The summed E-state index contributed by atoms with van der Waals surface area (Å²) in [6, 6.07) is 9.52. The Kier molecular flexibility index (Phi) is 3.50. The van der Waals surface area contributed by atoms with Gasteiger partial charge in [-0.05, 0) is 30.5 Å². The molecule has 1 fully saturated rings. The summed E-state index contributed by atoms with van der Waals surface area (Å²) in [7, 11) is 0. The smallest absolute Gasteiger partial charge is 0.259 e. The number of hydrogen-bond acceptors (Lipinski definition) is 3. The summed E-state index contributed by atoms with van der Waals surface area (Å²) in [5, 5.41) is 4.91. The van der Waals surface area contributed by atoms with Crippen molar-refractivity contribution in [3.8, 4) is 0 Å². The number of aromatic nitrogens is 3. The van der Waals surface area contributed by atoms with Gasteiger partial charge in [0.1, 0.15) is 5.56 Å². The average molecular weight is 327 g/mol. The van der Waals surface area contributed by atoms with Crippen molar-refractivity contribution in [2.45, 2.75) is 18.9 Å². The topological polar surface area (TPSA) is 50.5 Å². The molecule has 2 aromatic heterocycles. The molecule has 0 N–H and O–H groups in total. The van der Waals surface area contributed by atoms with Gasteiger partial charge in [-0.25, -0.2) is 9.50 Å². The van der Waals surface area contributed by atoms with Gasteiger partial charge in [0.25, 0.3) is 5.91 Å². The molecule has 1 saturated heterocycles. The SMILES string of the molecule is O=C(c1cnn2cccnc12)N1CCC[C@@H]1c1ccccc1Cl. The first-order valence-corrected chi connectivity index (χ1v) is 7.97. The maximum absolute atomic E-state index is 13.0. The number of amides is 1. The highest BCUT2D eigenvalue weighted by molar-refractivity contribution is 6.31. The second-order valence-corrected chi connectivity index (χ2v) is 6.03. The third-order valence-electron chi connectivity index (χ3n) is 4.29. The molecule has 116 valence electrons. The number of benzene rings is 1. The van der Waals surface area contributed by atoms with Gasteiger partial charge in [0, 0.05) is 24.0 Å². The molecular weight excluding hydrogens is 312 g/mol. The Morgan fingerprint density at radius 1 is 1.26 bits per heavy atom. The van der Waals surface area contributed by atoms with E-state index < -0.39 is 0 Å². The normalized spacial score (nSPS) is 17.8. The summed E-state index contributed by atoms with van der Waals surface area (Å²) >= 11 is 6.33. The Bertz CT molecular complexity index is 876. The van der Waals surface area contributed by atoms with Crippen LogP contribution in [-0.4, -0.2) is 31.9 Å². The highest BCUT2D eigenvalue weighted by Crippen LogP contribution is 2.36. The van der Waals surface area contributed by atoms with E-state index in [4.69, 9.17) is 11.6 Å². The quantitative estimate of drug-likeness (QED) is 0.725. The standard InChI is InChI=1S/C17H15ClN4O/c18-14-6-2-1-5-12(14)15-7-3-9-21(15)17(23)13-11-20-22-10-4-8-19-16(13)22/h1-2,4-6,8,10-11,15H,3,7,9H2/t15-/m1/s1. The molecule has 0 aliphatic carbocycles. The van der Waals surface area contributed by atoms with Gasteiger partial charge in [0.2, 0.25) is 0 Å². The second kappa shape index (κ2) is 5.66. The predicted octanol–water partition coefficient (Wildman–Crippen LogP) is 3.36. The number of carbonyl (C=O) groups excluding carboxylic acids is 1. The van der Waals surface area contributed by atoms with Gasteiger partial charge >= 0.3 is 0 Å². The first-order valence-electron chi connectivity index (χ1n) is 7.59. The van der Waals surface area contributed by atoms with Gasteiger partial charge in [-0.2, -0.15) is 5.10 Å². The molecule has 5 nitrogen and oxygen atoms in total. The summed E-state index contributed by atoms with van der Waals surface area (Å²) in [4.78, 5) is 19.2. The van der Waals surface area contributed by atoms with Crippen molar-refractivity contribution in [2.24, 2.45) is 0 Å². The van der Waals surface area contributed by atoms with Crippen molar-refractivity contribution in [1.29, 1.82) is 0 Å². The van der Waals surface area contributed by atoms with E-state index in [0.29, 0.717) is 16.2 Å². The molecule has 3 heterocycles. The number of nitrogens with zero attached hydrogens (tertiary/aromatic N) is 4. The third kappa shape index (κ3) is 2.37. The zero-order valence-corrected chi connectivity index (χ0v) is 13.1. The second-order valence-electron chi connectivity index (χ2n) is 5.62. The van der Waals surface area contributed by atoms with E-state index in [1.165, 1.54) is 0 Å². The van der Waals surface area contributed by atoms with Gasteiger partial charge in [-0.15, -0.1) is 0 Å². The molecule has 4 rings (SSSR count). The maximum Gasteiger partial charge on any atom is 0.259 e.